The summed E-state index contributed by atoms with van der Waals surface area (Å²) in [6.07, 6.45) is 1.20. The van der Waals surface area contributed by atoms with Gasteiger partial charge in [0, 0.05) is 10.7 Å². The second kappa shape index (κ2) is 9.66. The van der Waals surface area contributed by atoms with Crippen LogP contribution in [0.25, 0.3) is 0 Å². The first-order valence-corrected chi connectivity index (χ1v) is 7.28. The van der Waals surface area contributed by atoms with Crippen molar-refractivity contribution >= 4 is 41.6 Å². The van der Waals surface area contributed by atoms with Crippen LogP contribution in [-0.2, 0) is 9.59 Å². The Balaban J connectivity index is 0.00000441. The predicted molar refractivity (Wildman–Crippen MR) is 91.0 cm³/mol. The molecule has 0 bridgehead atoms. The highest BCUT2D eigenvalue weighted by Gasteiger charge is 2.22. The Morgan fingerprint density at radius 3 is 2.55 bits per heavy atom. The van der Waals surface area contributed by atoms with Crippen molar-refractivity contribution in [3.05, 3.63) is 28.8 Å². The fourth-order valence-corrected chi connectivity index (χ4v) is 2.09. The number of aliphatic carboxylic acids is 1. The molecule has 2 unspecified atom stereocenters. The van der Waals surface area contributed by atoms with Gasteiger partial charge in [-0.3, -0.25) is 14.9 Å². The van der Waals surface area contributed by atoms with E-state index in [0.29, 0.717) is 17.1 Å². The molecule has 0 aliphatic carbocycles. The smallest absolute Gasteiger partial charge is 0.320 e. The van der Waals surface area contributed by atoms with E-state index in [0.717, 1.165) is 12.0 Å². The molecule has 0 aliphatic heterocycles. The molecular weight excluding hydrogens is 327 g/mol. The molecule has 0 aromatic heterocycles. The molecule has 124 valence electrons. The number of carbonyl (C=O) groups is 2. The topological polar surface area (TPSA) is 78.4 Å². The Kier molecular flexibility index (Phi) is 9.09. The number of amides is 1. The second-order valence-corrected chi connectivity index (χ2v) is 5.45. The first-order valence-electron chi connectivity index (χ1n) is 6.91. The number of nitrogens with one attached hydrogen (secondary N) is 2. The van der Waals surface area contributed by atoms with Gasteiger partial charge in [-0.1, -0.05) is 31.0 Å². The Bertz CT molecular complexity index is 524. The molecule has 5 nitrogen and oxygen atoms in total. The van der Waals surface area contributed by atoms with E-state index in [-0.39, 0.29) is 18.3 Å². The summed E-state index contributed by atoms with van der Waals surface area (Å²) in [6, 6.07) is 3.89. The van der Waals surface area contributed by atoms with Gasteiger partial charge < -0.3 is 10.4 Å². The molecule has 0 fully saturated rings. The van der Waals surface area contributed by atoms with Gasteiger partial charge in [0.15, 0.2) is 0 Å². The quantitative estimate of drug-likeness (QED) is 0.706. The van der Waals surface area contributed by atoms with Crippen LogP contribution in [0.4, 0.5) is 5.69 Å². The minimum absolute atomic E-state index is 0. The van der Waals surface area contributed by atoms with Crippen molar-refractivity contribution in [2.45, 2.75) is 45.7 Å². The van der Waals surface area contributed by atoms with Gasteiger partial charge >= 0.3 is 5.97 Å². The zero-order chi connectivity index (χ0) is 16.0. The zero-order valence-corrected chi connectivity index (χ0v) is 14.4. The van der Waals surface area contributed by atoms with Gasteiger partial charge in [0.2, 0.25) is 5.91 Å². The minimum atomic E-state index is -0.949. The molecule has 1 aromatic rings. The van der Waals surface area contributed by atoms with Gasteiger partial charge in [0.05, 0.1) is 6.04 Å². The highest BCUT2D eigenvalue weighted by Crippen LogP contribution is 2.20. The average molecular weight is 349 g/mol. The Labute approximate surface area is 141 Å². The van der Waals surface area contributed by atoms with E-state index in [1.165, 1.54) is 0 Å². The number of carbonyl (C=O) groups excluding carboxylic acids is 1. The number of rotatable bonds is 7. The third-order valence-electron chi connectivity index (χ3n) is 3.18. The van der Waals surface area contributed by atoms with Gasteiger partial charge in [-0.05, 0) is 38.0 Å². The Hall–Kier alpha value is -1.30. The first kappa shape index (κ1) is 20.7. The summed E-state index contributed by atoms with van der Waals surface area (Å²) in [5.41, 5.74) is 1.52. The van der Waals surface area contributed by atoms with E-state index in [2.05, 4.69) is 10.6 Å². The van der Waals surface area contributed by atoms with Crippen molar-refractivity contribution in [3.8, 4) is 0 Å². The molecule has 0 heterocycles. The molecule has 2 atom stereocenters. The SMILES string of the molecule is CCCC(NC(C)C(=O)Nc1cc(Cl)ccc1C)C(=O)O.Cl. The van der Waals surface area contributed by atoms with E-state index < -0.39 is 18.1 Å². The molecule has 22 heavy (non-hydrogen) atoms. The molecule has 1 amide bonds. The van der Waals surface area contributed by atoms with Crippen LogP contribution in [0.2, 0.25) is 5.02 Å². The lowest BCUT2D eigenvalue weighted by molar-refractivity contribution is -0.140. The maximum absolute atomic E-state index is 12.1. The Morgan fingerprint density at radius 1 is 1.36 bits per heavy atom. The Morgan fingerprint density at radius 2 is 2.00 bits per heavy atom. The van der Waals surface area contributed by atoms with Crippen LogP contribution in [0.3, 0.4) is 0 Å². The van der Waals surface area contributed by atoms with Crippen LogP contribution in [0, 0.1) is 6.92 Å². The van der Waals surface area contributed by atoms with Gasteiger partial charge in [-0.15, -0.1) is 12.4 Å². The maximum Gasteiger partial charge on any atom is 0.320 e. The highest BCUT2D eigenvalue weighted by molar-refractivity contribution is 6.31. The molecule has 0 saturated carbocycles. The number of carboxylic acids is 1. The monoisotopic (exact) mass is 348 g/mol. The summed E-state index contributed by atoms with van der Waals surface area (Å²) in [6.45, 7) is 5.40. The molecule has 1 aromatic carbocycles. The molecular formula is C15H22Cl2N2O3. The third-order valence-corrected chi connectivity index (χ3v) is 3.41. The lowest BCUT2D eigenvalue weighted by atomic mass is 10.1. The normalized spacial score (nSPS) is 12.9. The fraction of sp³-hybridized carbons (Fsp3) is 0.467. The van der Waals surface area contributed by atoms with Crippen molar-refractivity contribution in [3.63, 3.8) is 0 Å². The molecule has 0 aliphatic rings. The molecule has 0 spiro atoms. The van der Waals surface area contributed by atoms with E-state index >= 15 is 0 Å². The van der Waals surface area contributed by atoms with Gasteiger partial charge in [-0.2, -0.15) is 0 Å². The van der Waals surface area contributed by atoms with Crippen molar-refractivity contribution < 1.29 is 14.7 Å². The highest BCUT2D eigenvalue weighted by atomic mass is 35.5. The number of aryl methyl sites for hydroxylation is 1. The summed E-state index contributed by atoms with van der Waals surface area (Å²) < 4.78 is 0. The molecule has 0 saturated heterocycles. The summed E-state index contributed by atoms with van der Waals surface area (Å²) in [5, 5.41) is 15.2. The lowest BCUT2D eigenvalue weighted by Gasteiger charge is -2.20. The summed E-state index contributed by atoms with van der Waals surface area (Å²) in [5.74, 6) is -1.24. The van der Waals surface area contributed by atoms with Crippen LogP contribution in [-0.4, -0.2) is 29.1 Å². The van der Waals surface area contributed by atoms with Gasteiger partial charge in [0.1, 0.15) is 6.04 Å². The summed E-state index contributed by atoms with van der Waals surface area (Å²) in [4.78, 5) is 23.2. The summed E-state index contributed by atoms with van der Waals surface area (Å²) in [7, 11) is 0. The maximum atomic E-state index is 12.1. The first-order chi connectivity index (χ1) is 9.85. The van der Waals surface area contributed by atoms with Crippen molar-refractivity contribution in [1.82, 2.24) is 5.32 Å². The van der Waals surface area contributed by atoms with Crippen LogP contribution < -0.4 is 10.6 Å². The van der Waals surface area contributed by atoms with Crippen molar-refractivity contribution in [1.29, 1.82) is 0 Å². The number of hydrogen-bond acceptors (Lipinski definition) is 3. The molecule has 1 rings (SSSR count). The number of carboxylic acid groups (broad SMARTS) is 1. The standard InChI is InChI=1S/C15H21ClN2O3.ClH/c1-4-5-12(15(20)21)17-10(3)14(19)18-13-8-11(16)7-6-9(13)2;/h6-8,10,12,17H,4-5H2,1-3H3,(H,18,19)(H,20,21);1H. The average Bonchev–Trinajstić information content (AvgIpc) is 2.42. The number of hydrogen-bond donors (Lipinski definition) is 3. The largest absolute Gasteiger partial charge is 0.480 e. The van der Waals surface area contributed by atoms with Gasteiger partial charge in [-0.25, -0.2) is 0 Å². The molecule has 0 radical (unpaired) electrons. The van der Waals surface area contributed by atoms with E-state index in [9.17, 15) is 9.59 Å². The van der Waals surface area contributed by atoms with E-state index in [1.54, 1.807) is 19.1 Å². The predicted octanol–water partition coefficient (Wildman–Crippen LogP) is 3.24. The van der Waals surface area contributed by atoms with E-state index in [4.69, 9.17) is 16.7 Å². The van der Waals surface area contributed by atoms with Gasteiger partial charge in [0.25, 0.3) is 0 Å². The third kappa shape index (κ3) is 6.22. The van der Waals surface area contributed by atoms with Crippen LogP contribution in [0.5, 0.6) is 0 Å². The summed E-state index contributed by atoms with van der Waals surface area (Å²) >= 11 is 5.90. The minimum Gasteiger partial charge on any atom is -0.480 e. The fourth-order valence-electron chi connectivity index (χ4n) is 1.91. The molecule has 7 heteroatoms. The van der Waals surface area contributed by atoms with Crippen LogP contribution >= 0.6 is 24.0 Å². The van der Waals surface area contributed by atoms with Crippen LogP contribution in [0.1, 0.15) is 32.3 Å². The van der Waals surface area contributed by atoms with Crippen LogP contribution in [0.15, 0.2) is 18.2 Å². The molecule has 3 N–H and O–H groups in total. The number of halogens is 2. The number of anilines is 1. The number of benzene rings is 1. The lowest BCUT2D eigenvalue weighted by Crippen LogP contribution is -2.47. The zero-order valence-electron chi connectivity index (χ0n) is 12.9. The van der Waals surface area contributed by atoms with Crippen molar-refractivity contribution in [2.24, 2.45) is 0 Å². The second-order valence-electron chi connectivity index (χ2n) is 5.02. The van der Waals surface area contributed by atoms with Crippen molar-refractivity contribution in [2.75, 3.05) is 5.32 Å². The van der Waals surface area contributed by atoms with E-state index in [1.807, 2.05) is 19.9 Å².